The van der Waals surface area contributed by atoms with Gasteiger partial charge < -0.3 is 10.2 Å². The molecule has 1 amide bonds. The van der Waals surface area contributed by atoms with Crippen molar-refractivity contribution in [3.05, 3.63) is 65.2 Å². The number of hydrogen-bond acceptors (Lipinski definition) is 2. The van der Waals surface area contributed by atoms with Crippen LogP contribution in [0.25, 0.3) is 22.2 Å². The van der Waals surface area contributed by atoms with Crippen LogP contribution in [0.4, 0.5) is 0 Å². The minimum absolute atomic E-state index is 0.00710. The van der Waals surface area contributed by atoms with E-state index in [0.29, 0.717) is 5.56 Å². The molecular weight excluding hydrogens is 370 g/mol. The van der Waals surface area contributed by atoms with Gasteiger partial charge in [-0.1, -0.05) is 30.3 Å². The number of rotatable bonds is 6. The molecule has 4 nitrogen and oxygen atoms in total. The average Bonchev–Trinajstić information content (AvgIpc) is 2.78. The number of benzene rings is 2. The maximum absolute atomic E-state index is 13.1. The van der Waals surface area contributed by atoms with E-state index < -0.39 is 0 Å². The lowest BCUT2D eigenvalue weighted by Gasteiger charge is -2.23. The molecule has 1 fully saturated rings. The molecule has 0 radical (unpaired) electrons. The standard InChI is InChI=1S/C26H31N3O/c1-19-11-12-21(17-20(19)2)25-18-23(22-9-4-5-10-24(22)28-25)26(30)27-13-8-16-29-14-6-3-7-15-29/h4-5,9-12,17-18H,3,6-8,13-16H2,1-2H3,(H,27,30)/p+1. The Labute approximate surface area is 179 Å². The van der Waals surface area contributed by atoms with Crippen molar-refractivity contribution in [2.24, 2.45) is 0 Å². The van der Waals surface area contributed by atoms with Gasteiger partial charge in [0, 0.05) is 23.9 Å². The Hall–Kier alpha value is -2.72. The summed E-state index contributed by atoms with van der Waals surface area (Å²) in [6.07, 6.45) is 5.07. The highest BCUT2D eigenvalue weighted by molar-refractivity contribution is 6.07. The molecule has 30 heavy (non-hydrogen) atoms. The number of carbonyl (C=O) groups is 1. The number of pyridine rings is 1. The predicted octanol–water partition coefficient (Wildman–Crippen LogP) is 3.71. The summed E-state index contributed by atoms with van der Waals surface area (Å²) in [7, 11) is 0. The Morgan fingerprint density at radius 3 is 2.60 bits per heavy atom. The molecule has 0 unspecified atom stereocenters. The van der Waals surface area contributed by atoms with Gasteiger partial charge in [0.2, 0.25) is 0 Å². The van der Waals surface area contributed by atoms with E-state index in [4.69, 9.17) is 4.98 Å². The van der Waals surface area contributed by atoms with Crippen molar-refractivity contribution in [2.45, 2.75) is 39.5 Å². The number of likely N-dealkylation sites (tertiary alicyclic amines) is 1. The molecule has 2 N–H and O–H groups in total. The van der Waals surface area contributed by atoms with Gasteiger partial charge in [0.1, 0.15) is 0 Å². The highest BCUT2D eigenvalue weighted by atomic mass is 16.1. The normalized spacial score (nSPS) is 14.7. The topological polar surface area (TPSA) is 46.4 Å². The molecular formula is C26H32N3O+. The van der Waals surface area contributed by atoms with Crippen LogP contribution in [0.3, 0.4) is 0 Å². The number of aryl methyl sites for hydroxylation is 2. The fourth-order valence-corrected chi connectivity index (χ4v) is 4.35. The molecule has 1 aliphatic heterocycles. The van der Waals surface area contributed by atoms with E-state index in [1.54, 1.807) is 4.90 Å². The van der Waals surface area contributed by atoms with Gasteiger partial charge >= 0.3 is 0 Å². The SMILES string of the molecule is Cc1ccc(-c2cc(C(=O)NCCC[NH+]3CCCCC3)c3ccccc3n2)cc1C. The van der Waals surface area contributed by atoms with Gasteiger partial charge in [0.05, 0.1) is 36.4 Å². The van der Waals surface area contributed by atoms with Crippen LogP contribution in [0.15, 0.2) is 48.5 Å². The lowest BCUT2D eigenvalue weighted by Crippen LogP contribution is -3.12. The number of quaternary nitrogens is 1. The zero-order valence-electron chi connectivity index (χ0n) is 18.1. The number of nitrogens with one attached hydrogen (secondary N) is 2. The molecule has 1 saturated heterocycles. The maximum Gasteiger partial charge on any atom is 0.252 e. The second-order valence-electron chi connectivity index (χ2n) is 8.54. The Balaban J connectivity index is 1.53. The number of fused-ring (bicyclic) bond motifs is 1. The van der Waals surface area contributed by atoms with Gasteiger partial charge in [-0.05, 0) is 62.4 Å². The minimum atomic E-state index is -0.00710. The molecule has 2 heterocycles. The first kappa shape index (κ1) is 20.5. The summed E-state index contributed by atoms with van der Waals surface area (Å²) in [6.45, 7) is 8.64. The van der Waals surface area contributed by atoms with Crippen LogP contribution in [0.2, 0.25) is 0 Å². The summed E-state index contributed by atoms with van der Waals surface area (Å²) in [6, 6.07) is 16.2. The van der Waals surface area contributed by atoms with Crippen LogP contribution in [-0.4, -0.2) is 37.1 Å². The van der Waals surface area contributed by atoms with Crippen molar-refractivity contribution in [3.8, 4) is 11.3 Å². The van der Waals surface area contributed by atoms with Crippen molar-refractivity contribution < 1.29 is 9.69 Å². The van der Waals surface area contributed by atoms with Crippen LogP contribution < -0.4 is 10.2 Å². The summed E-state index contributed by atoms with van der Waals surface area (Å²) in [5.41, 5.74) is 5.95. The summed E-state index contributed by atoms with van der Waals surface area (Å²) >= 11 is 0. The highest BCUT2D eigenvalue weighted by Crippen LogP contribution is 2.26. The third kappa shape index (κ3) is 4.71. The number of carbonyl (C=O) groups excluding carboxylic acids is 1. The van der Waals surface area contributed by atoms with E-state index in [1.807, 2.05) is 30.3 Å². The van der Waals surface area contributed by atoms with E-state index in [-0.39, 0.29) is 5.91 Å². The van der Waals surface area contributed by atoms with Crippen LogP contribution in [-0.2, 0) is 0 Å². The lowest BCUT2D eigenvalue weighted by atomic mass is 10.0. The summed E-state index contributed by atoms with van der Waals surface area (Å²) in [4.78, 5) is 19.6. The smallest absolute Gasteiger partial charge is 0.252 e. The van der Waals surface area contributed by atoms with Crippen LogP contribution in [0.5, 0.6) is 0 Å². The monoisotopic (exact) mass is 402 g/mol. The summed E-state index contributed by atoms with van der Waals surface area (Å²) in [5.74, 6) is -0.00710. The number of aromatic nitrogens is 1. The Morgan fingerprint density at radius 2 is 1.80 bits per heavy atom. The first-order valence-corrected chi connectivity index (χ1v) is 11.2. The summed E-state index contributed by atoms with van der Waals surface area (Å²) in [5, 5.41) is 4.06. The van der Waals surface area contributed by atoms with Crippen molar-refractivity contribution in [2.75, 3.05) is 26.2 Å². The van der Waals surface area contributed by atoms with Crippen LogP contribution in [0.1, 0.15) is 47.2 Å². The molecule has 1 aliphatic rings. The third-order valence-electron chi connectivity index (χ3n) is 6.32. The van der Waals surface area contributed by atoms with Crippen molar-refractivity contribution in [1.29, 1.82) is 0 Å². The van der Waals surface area contributed by atoms with Crippen molar-refractivity contribution in [1.82, 2.24) is 10.3 Å². The highest BCUT2D eigenvalue weighted by Gasteiger charge is 2.15. The molecule has 0 atom stereocenters. The summed E-state index contributed by atoms with van der Waals surface area (Å²) < 4.78 is 0. The quantitative estimate of drug-likeness (QED) is 0.618. The number of amides is 1. The average molecular weight is 403 g/mol. The van der Waals surface area contributed by atoms with E-state index in [0.717, 1.165) is 41.7 Å². The van der Waals surface area contributed by atoms with Crippen LogP contribution in [0, 0.1) is 13.8 Å². The predicted molar refractivity (Wildman–Crippen MR) is 123 cm³/mol. The molecule has 1 aromatic heterocycles. The van der Waals surface area contributed by atoms with Gasteiger partial charge in [0.15, 0.2) is 0 Å². The second-order valence-corrected chi connectivity index (χ2v) is 8.54. The van der Waals surface area contributed by atoms with Crippen molar-refractivity contribution in [3.63, 3.8) is 0 Å². The zero-order valence-corrected chi connectivity index (χ0v) is 18.1. The fraction of sp³-hybridized carbons (Fsp3) is 0.385. The van der Waals surface area contributed by atoms with E-state index >= 15 is 0 Å². The number of nitrogens with zero attached hydrogens (tertiary/aromatic N) is 1. The molecule has 4 rings (SSSR count). The van der Waals surface area contributed by atoms with Gasteiger partial charge in [-0.15, -0.1) is 0 Å². The molecule has 0 saturated carbocycles. The fourth-order valence-electron chi connectivity index (χ4n) is 4.35. The Morgan fingerprint density at radius 1 is 1.00 bits per heavy atom. The first-order chi connectivity index (χ1) is 14.6. The number of piperidine rings is 1. The van der Waals surface area contributed by atoms with E-state index in [1.165, 1.54) is 43.5 Å². The molecule has 3 aromatic rings. The maximum atomic E-state index is 13.1. The molecule has 0 spiro atoms. The first-order valence-electron chi connectivity index (χ1n) is 11.2. The Kier molecular flexibility index (Phi) is 6.44. The minimum Gasteiger partial charge on any atom is -0.352 e. The van der Waals surface area contributed by atoms with E-state index in [9.17, 15) is 4.79 Å². The molecule has 0 bridgehead atoms. The lowest BCUT2D eigenvalue weighted by molar-refractivity contribution is -0.904. The van der Waals surface area contributed by atoms with Gasteiger partial charge in [0.25, 0.3) is 5.91 Å². The Bertz CT molecular complexity index is 1040. The largest absolute Gasteiger partial charge is 0.352 e. The zero-order chi connectivity index (χ0) is 20.9. The van der Waals surface area contributed by atoms with Gasteiger partial charge in [-0.2, -0.15) is 0 Å². The van der Waals surface area contributed by atoms with Crippen LogP contribution >= 0.6 is 0 Å². The molecule has 156 valence electrons. The molecule has 2 aromatic carbocycles. The van der Waals surface area contributed by atoms with Gasteiger partial charge in [-0.3, -0.25) is 4.79 Å². The molecule has 0 aliphatic carbocycles. The number of hydrogen-bond donors (Lipinski definition) is 2. The van der Waals surface area contributed by atoms with Gasteiger partial charge in [-0.25, -0.2) is 4.98 Å². The van der Waals surface area contributed by atoms with Crippen molar-refractivity contribution >= 4 is 16.8 Å². The third-order valence-corrected chi connectivity index (χ3v) is 6.32. The second kappa shape index (κ2) is 9.40. The number of para-hydroxylation sites is 1. The molecule has 4 heteroatoms. The van der Waals surface area contributed by atoms with E-state index in [2.05, 4.69) is 37.4 Å².